The second-order valence-electron chi connectivity index (χ2n) is 7.70. The predicted molar refractivity (Wildman–Crippen MR) is 123 cm³/mol. The number of anilines is 2. The first-order chi connectivity index (χ1) is 15.3. The molecule has 31 heavy (non-hydrogen) atoms. The van der Waals surface area contributed by atoms with Crippen molar-refractivity contribution in [2.45, 2.75) is 6.04 Å². The molecular weight excluding hydrogens is 412 g/mol. The summed E-state index contributed by atoms with van der Waals surface area (Å²) in [5.74, 6) is 0.0768. The average Bonchev–Trinajstić information content (AvgIpc) is 3.27. The van der Waals surface area contributed by atoms with Crippen molar-refractivity contribution in [2.75, 3.05) is 62.8 Å². The highest BCUT2D eigenvalue weighted by Gasteiger charge is 2.27. The van der Waals surface area contributed by atoms with Crippen LogP contribution in [-0.2, 0) is 14.3 Å². The average molecular weight is 439 g/mol. The standard InChI is InChI=1S/C23H26N4O3S/c28-22(26-8-12-29-13-9-26)21(17-4-2-1-3-5-17)24-18-6-7-19-20(16-18)31-23(25-19)27-10-14-30-15-11-27/h1-7,16,21,24H,8-15H2/t21-/m0/s1. The minimum Gasteiger partial charge on any atom is -0.378 e. The Morgan fingerprint density at radius 1 is 0.968 bits per heavy atom. The van der Waals surface area contributed by atoms with Gasteiger partial charge in [0.05, 0.1) is 36.6 Å². The smallest absolute Gasteiger partial charge is 0.249 e. The number of hydrogen-bond donors (Lipinski definition) is 1. The second-order valence-corrected chi connectivity index (χ2v) is 8.71. The molecule has 8 heteroatoms. The lowest BCUT2D eigenvalue weighted by atomic mass is 10.0. The van der Waals surface area contributed by atoms with E-state index in [1.807, 2.05) is 47.4 Å². The van der Waals surface area contributed by atoms with Crippen LogP contribution >= 0.6 is 11.3 Å². The van der Waals surface area contributed by atoms with Crippen molar-refractivity contribution in [1.82, 2.24) is 9.88 Å². The van der Waals surface area contributed by atoms with Gasteiger partial charge in [-0.3, -0.25) is 4.79 Å². The molecule has 0 spiro atoms. The zero-order valence-corrected chi connectivity index (χ0v) is 18.1. The van der Waals surface area contributed by atoms with Crippen molar-refractivity contribution in [1.29, 1.82) is 0 Å². The molecule has 1 aromatic heterocycles. The lowest BCUT2D eigenvalue weighted by Gasteiger charge is -2.31. The number of ether oxygens (including phenoxy) is 2. The Bertz CT molecular complexity index is 1030. The van der Waals surface area contributed by atoms with E-state index in [-0.39, 0.29) is 5.91 Å². The Labute approximate surface area is 185 Å². The van der Waals surface area contributed by atoms with E-state index in [1.54, 1.807) is 11.3 Å². The molecule has 2 aliphatic rings. The van der Waals surface area contributed by atoms with E-state index >= 15 is 0 Å². The van der Waals surface area contributed by atoms with Gasteiger partial charge in [0, 0.05) is 31.9 Å². The van der Waals surface area contributed by atoms with Crippen LogP contribution in [0.5, 0.6) is 0 Å². The SMILES string of the molecule is O=C([C@@H](Nc1ccc2nc(N3CCOCC3)sc2c1)c1ccccc1)N1CCOCC1. The third-order valence-corrected chi connectivity index (χ3v) is 6.75. The lowest BCUT2D eigenvalue weighted by Crippen LogP contribution is -2.44. The number of amides is 1. The minimum absolute atomic E-state index is 0.0768. The molecular formula is C23H26N4O3S. The van der Waals surface area contributed by atoms with Crippen molar-refractivity contribution in [3.63, 3.8) is 0 Å². The molecule has 1 atom stereocenters. The van der Waals surface area contributed by atoms with Gasteiger partial charge in [0.25, 0.3) is 0 Å². The molecule has 162 valence electrons. The van der Waals surface area contributed by atoms with Crippen LogP contribution in [0.1, 0.15) is 11.6 Å². The number of carbonyl (C=O) groups is 1. The number of carbonyl (C=O) groups excluding carboxylic acids is 1. The molecule has 2 aromatic carbocycles. The fourth-order valence-electron chi connectivity index (χ4n) is 3.96. The van der Waals surface area contributed by atoms with Gasteiger partial charge in [-0.25, -0.2) is 4.98 Å². The molecule has 1 N–H and O–H groups in total. The van der Waals surface area contributed by atoms with Gasteiger partial charge in [0.15, 0.2) is 5.13 Å². The van der Waals surface area contributed by atoms with Gasteiger partial charge in [0.1, 0.15) is 6.04 Å². The topological polar surface area (TPSA) is 66.9 Å². The molecule has 0 saturated carbocycles. The zero-order valence-electron chi connectivity index (χ0n) is 17.3. The number of rotatable bonds is 5. The quantitative estimate of drug-likeness (QED) is 0.660. The molecule has 0 aliphatic carbocycles. The molecule has 3 heterocycles. The summed E-state index contributed by atoms with van der Waals surface area (Å²) in [6.07, 6.45) is 0. The minimum atomic E-state index is -0.441. The van der Waals surface area contributed by atoms with Gasteiger partial charge in [-0.2, -0.15) is 0 Å². The second kappa shape index (κ2) is 9.21. The number of fused-ring (bicyclic) bond motifs is 1. The Kier molecular flexibility index (Phi) is 6.01. The highest BCUT2D eigenvalue weighted by molar-refractivity contribution is 7.22. The summed E-state index contributed by atoms with van der Waals surface area (Å²) >= 11 is 1.68. The normalized spacial score (nSPS) is 18.2. The maximum Gasteiger partial charge on any atom is 0.249 e. The number of nitrogens with zero attached hydrogens (tertiary/aromatic N) is 3. The van der Waals surface area contributed by atoms with Gasteiger partial charge >= 0.3 is 0 Å². The number of benzene rings is 2. The number of thiazole rings is 1. The van der Waals surface area contributed by atoms with Crippen molar-refractivity contribution in [2.24, 2.45) is 0 Å². The summed E-state index contributed by atoms with van der Waals surface area (Å²) in [7, 11) is 0. The largest absolute Gasteiger partial charge is 0.378 e. The van der Waals surface area contributed by atoms with Crippen LogP contribution in [0.15, 0.2) is 48.5 Å². The number of morpholine rings is 2. The van der Waals surface area contributed by atoms with E-state index in [2.05, 4.69) is 16.3 Å². The van der Waals surface area contributed by atoms with Crippen LogP contribution < -0.4 is 10.2 Å². The molecule has 2 fully saturated rings. The Balaban J connectivity index is 1.40. The third-order valence-electron chi connectivity index (χ3n) is 5.67. The highest BCUT2D eigenvalue weighted by Crippen LogP contribution is 2.32. The Morgan fingerprint density at radius 3 is 2.42 bits per heavy atom. The summed E-state index contributed by atoms with van der Waals surface area (Å²) in [6, 6.07) is 15.6. The third kappa shape index (κ3) is 4.51. The van der Waals surface area contributed by atoms with Gasteiger partial charge in [0.2, 0.25) is 5.91 Å². The molecule has 2 saturated heterocycles. The van der Waals surface area contributed by atoms with Crippen molar-refractivity contribution < 1.29 is 14.3 Å². The Hall–Kier alpha value is -2.68. The maximum absolute atomic E-state index is 13.4. The van der Waals surface area contributed by atoms with Crippen LogP contribution in [-0.4, -0.2) is 68.4 Å². The number of aromatic nitrogens is 1. The van der Waals surface area contributed by atoms with Crippen molar-refractivity contribution in [3.8, 4) is 0 Å². The molecule has 0 radical (unpaired) electrons. The summed E-state index contributed by atoms with van der Waals surface area (Å²) in [4.78, 5) is 22.3. The Morgan fingerprint density at radius 2 is 1.68 bits per heavy atom. The fourth-order valence-corrected chi connectivity index (χ4v) is 5.01. The van der Waals surface area contributed by atoms with Crippen molar-refractivity contribution in [3.05, 3.63) is 54.1 Å². The van der Waals surface area contributed by atoms with Gasteiger partial charge in [-0.05, 0) is 23.8 Å². The molecule has 7 nitrogen and oxygen atoms in total. The predicted octanol–water partition coefficient (Wildman–Crippen LogP) is 3.14. The summed E-state index contributed by atoms with van der Waals surface area (Å²) in [5.41, 5.74) is 2.85. The molecule has 0 unspecified atom stereocenters. The number of nitrogens with one attached hydrogen (secondary N) is 1. The lowest BCUT2D eigenvalue weighted by molar-refractivity contribution is -0.136. The monoisotopic (exact) mass is 438 g/mol. The van der Waals surface area contributed by atoms with E-state index in [0.29, 0.717) is 26.3 Å². The van der Waals surface area contributed by atoms with Crippen LogP contribution in [0, 0.1) is 0 Å². The van der Waals surface area contributed by atoms with E-state index in [0.717, 1.165) is 52.9 Å². The van der Waals surface area contributed by atoms with E-state index in [4.69, 9.17) is 14.5 Å². The van der Waals surface area contributed by atoms with Gasteiger partial charge in [-0.15, -0.1) is 0 Å². The van der Waals surface area contributed by atoms with Crippen molar-refractivity contribution >= 4 is 38.3 Å². The van der Waals surface area contributed by atoms with Crippen LogP contribution in [0.4, 0.5) is 10.8 Å². The molecule has 5 rings (SSSR count). The van der Waals surface area contributed by atoms with E-state index < -0.39 is 6.04 Å². The van der Waals surface area contributed by atoms with Crippen LogP contribution in [0.3, 0.4) is 0 Å². The summed E-state index contributed by atoms with van der Waals surface area (Å²) < 4.78 is 12.0. The van der Waals surface area contributed by atoms with Gasteiger partial charge < -0.3 is 24.6 Å². The van der Waals surface area contributed by atoms with Crippen LogP contribution in [0.25, 0.3) is 10.2 Å². The van der Waals surface area contributed by atoms with Crippen LogP contribution in [0.2, 0.25) is 0 Å². The number of hydrogen-bond acceptors (Lipinski definition) is 7. The fraction of sp³-hybridized carbons (Fsp3) is 0.391. The summed E-state index contributed by atoms with van der Waals surface area (Å²) in [6.45, 7) is 5.65. The maximum atomic E-state index is 13.4. The van der Waals surface area contributed by atoms with Gasteiger partial charge in [-0.1, -0.05) is 41.7 Å². The highest BCUT2D eigenvalue weighted by atomic mass is 32.1. The van der Waals surface area contributed by atoms with E-state index in [1.165, 1.54) is 0 Å². The molecule has 2 aliphatic heterocycles. The first kappa shape index (κ1) is 20.2. The molecule has 3 aromatic rings. The first-order valence-electron chi connectivity index (χ1n) is 10.7. The van der Waals surface area contributed by atoms with E-state index in [9.17, 15) is 4.79 Å². The zero-order chi connectivity index (χ0) is 21.0. The molecule has 0 bridgehead atoms. The molecule has 1 amide bonds. The first-order valence-corrected chi connectivity index (χ1v) is 11.5. The summed E-state index contributed by atoms with van der Waals surface area (Å²) in [5, 5.41) is 4.51.